The zero-order valence-electron chi connectivity index (χ0n) is 11.8. The highest BCUT2D eigenvalue weighted by atomic mass is 32.1. The number of likely N-dealkylation sites (tertiary alicyclic amines) is 1. The van der Waals surface area contributed by atoms with Crippen LogP contribution in [0.4, 0.5) is 0 Å². The van der Waals surface area contributed by atoms with Gasteiger partial charge >= 0.3 is 5.97 Å². The maximum atomic E-state index is 11.6. The van der Waals surface area contributed by atoms with Gasteiger partial charge in [-0.2, -0.15) is 0 Å². The lowest BCUT2D eigenvalue weighted by molar-refractivity contribution is -0.153. The molecule has 1 aliphatic rings. The molecule has 19 heavy (non-hydrogen) atoms. The number of aliphatic carboxylic acids is 1. The van der Waals surface area contributed by atoms with Crippen molar-refractivity contribution in [3.8, 4) is 0 Å². The molecule has 0 radical (unpaired) electrons. The predicted molar refractivity (Wildman–Crippen MR) is 78.5 cm³/mol. The van der Waals surface area contributed by atoms with Crippen LogP contribution in [0, 0.1) is 5.41 Å². The smallest absolute Gasteiger partial charge is 0.309 e. The van der Waals surface area contributed by atoms with Crippen LogP contribution in [0.5, 0.6) is 0 Å². The summed E-state index contributed by atoms with van der Waals surface area (Å²) in [6, 6.07) is 4.66. The molecule has 4 heteroatoms. The second-order valence-corrected chi connectivity index (χ2v) is 6.54. The normalized spacial score (nSPS) is 21.2. The minimum Gasteiger partial charge on any atom is -0.481 e. The summed E-state index contributed by atoms with van der Waals surface area (Å²) < 4.78 is 0. The molecule has 1 N–H and O–H groups in total. The molecule has 1 saturated heterocycles. The Balaban J connectivity index is 2.00. The number of nitrogens with zero attached hydrogens (tertiary/aromatic N) is 1. The van der Waals surface area contributed by atoms with Crippen LogP contribution in [0.15, 0.2) is 17.5 Å². The number of hydrogen-bond donors (Lipinski definition) is 1. The van der Waals surface area contributed by atoms with Crippen molar-refractivity contribution in [3.63, 3.8) is 0 Å². The van der Waals surface area contributed by atoms with Crippen LogP contribution >= 0.6 is 11.3 Å². The minimum absolute atomic E-state index is 0.411. The van der Waals surface area contributed by atoms with Crippen molar-refractivity contribution in [3.05, 3.63) is 22.4 Å². The highest BCUT2D eigenvalue weighted by Crippen LogP contribution is 2.39. The van der Waals surface area contributed by atoms with Gasteiger partial charge in [0.2, 0.25) is 0 Å². The van der Waals surface area contributed by atoms with Crippen molar-refractivity contribution in [2.75, 3.05) is 13.1 Å². The number of carboxylic acids is 1. The fourth-order valence-corrected chi connectivity index (χ4v) is 3.92. The van der Waals surface area contributed by atoms with Gasteiger partial charge in [0, 0.05) is 10.9 Å². The van der Waals surface area contributed by atoms with Gasteiger partial charge in [-0.05, 0) is 50.7 Å². The highest BCUT2D eigenvalue weighted by molar-refractivity contribution is 7.10. The van der Waals surface area contributed by atoms with Gasteiger partial charge in [-0.3, -0.25) is 9.69 Å². The Labute approximate surface area is 119 Å². The van der Waals surface area contributed by atoms with E-state index in [1.54, 1.807) is 11.3 Å². The van der Waals surface area contributed by atoms with E-state index in [0.29, 0.717) is 6.04 Å². The lowest BCUT2D eigenvalue weighted by atomic mass is 9.75. The van der Waals surface area contributed by atoms with Crippen molar-refractivity contribution >= 4 is 17.3 Å². The molecule has 2 rings (SSSR count). The van der Waals surface area contributed by atoms with Gasteiger partial charge in [0.05, 0.1) is 5.41 Å². The van der Waals surface area contributed by atoms with Crippen molar-refractivity contribution in [1.29, 1.82) is 0 Å². The van der Waals surface area contributed by atoms with Crippen LogP contribution in [0.2, 0.25) is 0 Å². The van der Waals surface area contributed by atoms with E-state index in [9.17, 15) is 9.90 Å². The number of piperidine rings is 1. The lowest BCUT2D eigenvalue weighted by Crippen LogP contribution is -2.45. The molecule has 3 nitrogen and oxygen atoms in total. The first-order valence-electron chi connectivity index (χ1n) is 7.10. The molecule has 1 aromatic heterocycles. The second-order valence-electron chi connectivity index (χ2n) is 5.56. The minimum atomic E-state index is -0.599. The number of rotatable bonds is 5. The zero-order valence-corrected chi connectivity index (χ0v) is 12.6. The van der Waals surface area contributed by atoms with Gasteiger partial charge in [-0.15, -0.1) is 11.3 Å². The molecule has 1 atom stereocenters. The molecule has 0 aliphatic carbocycles. The van der Waals surface area contributed by atoms with Crippen molar-refractivity contribution in [2.45, 2.75) is 45.6 Å². The molecular formula is C15H23NO2S. The SMILES string of the molecule is CCCC1(C(=O)O)CCN(C(C)c2cccs2)CC1. The molecule has 0 bridgehead atoms. The summed E-state index contributed by atoms with van der Waals surface area (Å²) in [4.78, 5) is 15.3. The Kier molecular flexibility index (Phi) is 4.63. The van der Waals surface area contributed by atoms with E-state index in [0.717, 1.165) is 38.8 Å². The van der Waals surface area contributed by atoms with E-state index < -0.39 is 11.4 Å². The first kappa shape index (κ1) is 14.5. The van der Waals surface area contributed by atoms with Gasteiger partial charge < -0.3 is 5.11 Å². The average molecular weight is 281 g/mol. The third-order valence-corrected chi connectivity index (χ3v) is 5.48. The van der Waals surface area contributed by atoms with Crippen molar-refractivity contribution in [1.82, 2.24) is 4.90 Å². The molecule has 1 aromatic rings. The van der Waals surface area contributed by atoms with E-state index in [2.05, 4.69) is 36.3 Å². The van der Waals surface area contributed by atoms with E-state index in [1.165, 1.54) is 4.88 Å². The largest absolute Gasteiger partial charge is 0.481 e. The van der Waals surface area contributed by atoms with Crippen LogP contribution in [-0.2, 0) is 4.79 Å². The van der Waals surface area contributed by atoms with Gasteiger partial charge in [0.15, 0.2) is 0 Å². The lowest BCUT2D eigenvalue weighted by Gasteiger charge is -2.41. The van der Waals surface area contributed by atoms with Crippen molar-refractivity contribution in [2.24, 2.45) is 5.41 Å². The maximum absolute atomic E-state index is 11.6. The van der Waals surface area contributed by atoms with Gasteiger partial charge in [-0.1, -0.05) is 19.4 Å². The Bertz CT molecular complexity index is 408. The number of thiophene rings is 1. The molecule has 0 amide bonds. The summed E-state index contributed by atoms with van der Waals surface area (Å²) >= 11 is 1.78. The summed E-state index contributed by atoms with van der Waals surface area (Å²) in [7, 11) is 0. The van der Waals surface area contributed by atoms with Gasteiger partial charge in [0.25, 0.3) is 0 Å². The Morgan fingerprint density at radius 1 is 1.53 bits per heavy atom. The Morgan fingerprint density at radius 3 is 2.68 bits per heavy atom. The first-order chi connectivity index (χ1) is 9.09. The molecule has 1 aliphatic heterocycles. The average Bonchev–Trinajstić information content (AvgIpc) is 2.93. The summed E-state index contributed by atoms with van der Waals surface area (Å²) in [6.45, 7) is 6.08. The van der Waals surface area contributed by atoms with E-state index >= 15 is 0 Å². The Morgan fingerprint density at radius 2 is 2.21 bits per heavy atom. The van der Waals surface area contributed by atoms with Crippen LogP contribution in [0.3, 0.4) is 0 Å². The fourth-order valence-electron chi connectivity index (χ4n) is 3.10. The molecule has 2 heterocycles. The van der Waals surface area contributed by atoms with Crippen LogP contribution in [0.25, 0.3) is 0 Å². The topological polar surface area (TPSA) is 40.5 Å². The standard InChI is InChI=1S/C15H23NO2S/c1-3-6-15(14(17)18)7-9-16(10-8-15)12(2)13-5-4-11-19-13/h4-5,11-12H,3,6-10H2,1-2H3,(H,17,18). The second kappa shape index (κ2) is 6.06. The van der Waals surface area contributed by atoms with Gasteiger partial charge in [-0.25, -0.2) is 0 Å². The molecule has 106 valence electrons. The number of hydrogen-bond acceptors (Lipinski definition) is 3. The van der Waals surface area contributed by atoms with Crippen LogP contribution < -0.4 is 0 Å². The highest BCUT2D eigenvalue weighted by Gasteiger charge is 2.41. The molecule has 0 spiro atoms. The number of carboxylic acid groups (broad SMARTS) is 1. The third-order valence-electron chi connectivity index (χ3n) is 4.44. The van der Waals surface area contributed by atoms with E-state index in [-0.39, 0.29) is 0 Å². The summed E-state index contributed by atoms with van der Waals surface area (Å²) in [5.74, 6) is -0.599. The molecule has 0 saturated carbocycles. The number of carbonyl (C=O) groups is 1. The van der Waals surface area contributed by atoms with Gasteiger partial charge in [0.1, 0.15) is 0 Å². The third kappa shape index (κ3) is 3.00. The summed E-state index contributed by atoms with van der Waals surface area (Å²) in [6.07, 6.45) is 3.33. The molecule has 1 fully saturated rings. The first-order valence-corrected chi connectivity index (χ1v) is 7.98. The van der Waals surface area contributed by atoms with Crippen molar-refractivity contribution < 1.29 is 9.90 Å². The molecule has 1 unspecified atom stereocenters. The van der Waals surface area contributed by atoms with Crippen LogP contribution in [0.1, 0.15) is 50.4 Å². The van der Waals surface area contributed by atoms with E-state index in [1.807, 2.05) is 0 Å². The summed E-state index contributed by atoms with van der Waals surface area (Å²) in [5.41, 5.74) is -0.472. The maximum Gasteiger partial charge on any atom is 0.309 e. The predicted octanol–water partition coefficient (Wildman–Crippen LogP) is 3.78. The Hall–Kier alpha value is -0.870. The quantitative estimate of drug-likeness (QED) is 0.893. The zero-order chi connectivity index (χ0) is 13.9. The molecule has 0 aromatic carbocycles. The fraction of sp³-hybridized carbons (Fsp3) is 0.667. The molecular weight excluding hydrogens is 258 g/mol. The van der Waals surface area contributed by atoms with Crippen LogP contribution in [-0.4, -0.2) is 29.1 Å². The monoisotopic (exact) mass is 281 g/mol. The summed E-state index contributed by atoms with van der Waals surface area (Å²) in [5, 5.41) is 11.6. The van der Waals surface area contributed by atoms with E-state index in [4.69, 9.17) is 0 Å².